The lowest BCUT2D eigenvalue weighted by atomic mass is 9.94. The van der Waals surface area contributed by atoms with Crippen molar-refractivity contribution >= 4 is 23.8 Å². The summed E-state index contributed by atoms with van der Waals surface area (Å²) < 4.78 is 13.6. The van der Waals surface area contributed by atoms with E-state index in [-0.39, 0.29) is 24.4 Å². The Kier molecular flexibility index (Phi) is 6.96. The number of aliphatic hydroxyl groups excluding tert-OH is 1. The lowest BCUT2D eigenvalue weighted by molar-refractivity contribution is -0.0355. The summed E-state index contributed by atoms with van der Waals surface area (Å²) in [6.45, 7) is 5.55. The predicted molar refractivity (Wildman–Crippen MR) is 133 cm³/mol. The molecule has 0 amide bonds. The van der Waals surface area contributed by atoms with E-state index in [1.807, 2.05) is 12.1 Å². The fourth-order valence-corrected chi connectivity index (χ4v) is 5.04. The number of hydrogen-bond donors (Lipinski definition) is 4. The number of anilines is 3. The Morgan fingerprint density at radius 3 is 2.76 bits per heavy atom. The first kappa shape index (κ1) is 23.0. The molecule has 4 N–H and O–H groups in total. The molecule has 1 aromatic rings. The molecule has 34 heavy (non-hydrogen) atoms. The van der Waals surface area contributed by atoms with Gasteiger partial charge in [-0.1, -0.05) is 11.6 Å². The van der Waals surface area contributed by atoms with Crippen LogP contribution in [0.1, 0.15) is 39.0 Å². The van der Waals surface area contributed by atoms with Gasteiger partial charge in [0.1, 0.15) is 30.2 Å². The molecule has 4 aliphatic rings. The summed E-state index contributed by atoms with van der Waals surface area (Å²) in [5, 5.41) is 20.7. The second kappa shape index (κ2) is 10.3. The van der Waals surface area contributed by atoms with Crippen LogP contribution in [-0.2, 0) is 0 Å². The minimum Gasteiger partial charge on any atom is -0.378 e. The zero-order valence-electron chi connectivity index (χ0n) is 19.7. The number of nitrogens with zero attached hydrogens (tertiary/aromatic N) is 5. The summed E-state index contributed by atoms with van der Waals surface area (Å²) >= 11 is 0. The molecular formula is C24H35FN8O. The SMILES string of the molecule is C[C@H](Nc1nc(NC2C=NC=CN2)cc(N2CC([C@H](O)N3CCCC3)C2)n1)C1=CC[C@@H](F)CC1. The van der Waals surface area contributed by atoms with Gasteiger partial charge < -0.3 is 26.0 Å². The van der Waals surface area contributed by atoms with Crippen molar-refractivity contribution in [3.05, 3.63) is 30.1 Å². The van der Waals surface area contributed by atoms with Crippen LogP contribution in [0.5, 0.6) is 0 Å². The molecule has 10 heteroatoms. The van der Waals surface area contributed by atoms with E-state index in [4.69, 9.17) is 9.97 Å². The molecule has 2 fully saturated rings. The Balaban J connectivity index is 1.29. The molecule has 0 radical (unpaired) electrons. The van der Waals surface area contributed by atoms with Gasteiger partial charge in [0.05, 0.1) is 0 Å². The Morgan fingerprint density at radius 1 is 1.24 bits per heavy atom. The van der Waals surface area contributed by atoms with Crippen molar-refractivity contribution in [2.75, 3.05) is 41.7 Å². The van der Waals surface area contributed by atoms with Gasteiger partial charge >= 0.3 is 0 Å². The smallest absolute Gasteiger partial charge is 0.227 e. The number of alkyl halides is 1. The van der Waals surface area contributed by atoms with Crippen molar-refractivity contribution in [2.45, 2.75) is 63.6 Å². The van der Waals surface area contributed by atoms with E-state index in [1.165, 1.54) is 5.57 Å². The van der Waals surface area contributed by atoms with Crippen LogP contribution < -0.4 is 20.9 Å². The number of likely N-dealkylation sites (tertiary alicyclic amines) is 1. The molecule has 0 saturated carbocycles. The Morgan fingerprint density at radius 2 is 2.06 bits per heavy atom. The Labute approximate surface area is 200 Å². The first-order chi connectivity index (χ1) is 16.5. The van der Waals surface area contributed by atoms with Crippen molar-refractivity contribution in [1.29, 1.82) is 0 Å². The van der Waals surface area contributed by atoms with E-state index in [0.717, 1.165) is 51.3 Å². The molecular weight excluding hydrogens is 435 g/mol. The van der Waals surface area contributed by atoms with Crippen LogP contribution in [0.25, 0.3) is 0 Å². The van der Waals surface area contributed by atoms with E-state index in [0.29, 0.717) is 24.6 Å². The summed E-state index contributed by atoms with van der Waals surface area (Å²) in [4.78, 5) is 18.0. The number of aliphatic imine (C=N–C) groups is 1. The molecule has 184 valence electrons. The van der Waals surface area contributed by atoms with Gasteiger partial charge in [0.15, 0.2) is 0 Å². The number of aliphatic hydroxyl groups is 1. The highest BCUT2D eigenvalue weighted by atomic mass is 19.1. The molecule has 2 saturated heterocycles. The van der Waals surface area contributed by atoms with Crippen LogP contribution in [-0.4, -0.2) is 77.0 Å². The van der Waals surface area contributed by atoms with E-state index >= 15 is 0 Å². The number of rotatable bonds is 8. The van der Waals surface area contributed by atoms with Crippen molar-refractivity contribution in [2.24, 2.45) is 10.9 Å². The summed E-state index contributed by atoms with van der Waals surface area (Å²) in [5.74, 6) is 2.26. The van der Waals surface area contributed by atoms with Gasteiger partial charge in [0, 0.05) is 62.8 Å². The first-order valence-corrected chi connectivity index (χ1v) is 12.4. The van der Waals surface area contributed by atoms with E-state index < -0.39 is 6.17 Å². The highest BCUT2D eigenvalue weighted by molar-refractivity contribution is 5.70. The van der Waals surface area contributed by atoms with Crippen molar-refractivity contribution in [3.63, 3.8) is 0 Å². The number of allylic oxidation sites excluding steroid dienone is 1. The second-order valence-electron chi connectivity index (χ2n) is 9.68. The predicted octanol–water partition coefficient (Wildman–Crippen LogP) is 2.46. The summed E-state index contributed by atoms with van der Waals surface area (Å²) in [6, 6.07) is 1.96. The molecule has 4 atom stereocenters. The lowest BCUT2D eigenvalue weighted by Gasteiger charge is -2.44. The zero-order chi connectivity index (χ0) is 23.5. The average molecular weight is 471 g/mol. The second-order valence-corrected chi connectivity index (χ2v) is 9.68. The van der Waals surface area contributed by atoms with Crippen LogP contribution in [0, 0.1) is 5.92 Å². The minimum atomic E-state index is -0.736. The first-order valence-electron chi connectivity index (χ1n) is 12.4. The number of aromatic nitrogens is 2. The monoisotopic (exact) mass is 470 g/mol. The molecule has 5 rings (SSSR count). The van der Waals surface area contributed by atoms with Crippen molar-refractivity contribution < 1.29 is 9.50 Å². The fraction of sp³-hybridized carbons (Fsp3) is 0.625. The highest BCUT2D eigenvalue weighted by Crippen LogP contribution is 2.31. The average Bonchev–Trinajstić information content (AvgIpc) is 3.34. The Hall–Kier alpha value is -2.72. The minimum absolute atomic E-state index is 0.0222. The topological polar surface area (TPSA) is 101 Å². The van der Waals surface area contributed by atoms with Crippen LogP contribution in [0.3, 0.4) is 0 Å². The zero-order valence-corrected chi connectivity index (χ0v) is 19.7. The third-order valence-corrected chi connectivity index (χ3v) is 7.14. The number of nitrogens with one attached hydrogen (secondary N) is 3. The molecule has 1 aromatic heterocycles. The van der Waals surface area contributed by atoms with Gasteiger partial charge in [0.25, 0.3) is 0 Å². The van der Waals surface area contributed by atoms with Gasteiger partial charge in [-0.2, -0.15) is 9.97 Å². The Bertz CT molecular complexity index is 941. The lowest BCUT2D eigenvalue weighted by Crippen LogP contribution is -2.56. The maximum absolute atomic E-state index is 13.6. The highest BCUT2D eigenvalue weighted by Gasteiger charge is 2.37. The van der Waals surface area contributed by atoms with Gasteiger partial charge in [-0.05, 0) is 39.0 Å². The maximum Gasteiger partial charge on any atom is 0.227 e. The van der Waals surface area contributed by atoms with Crippen molar-refractivity contribution in [3.8, 4) is 0 Å². The van der Waals surface area contributed by atoms with E-state index in [9.17, 15) is 9.50 Å². The van der Waals surface area contributed by atoms with Crippen LogP contribution in [0.2, 0.25) is 0 Å². The van der Waals surface area contributed by atoms with E-state index in [2.05, 4.69) is 37.7 Å². The largest absolute Gasteiger partial charge is 0.378 e. The third kappa shape index (κ3) is 5.33. The van der Waals surface area contributed by atoms with Gasteiger partial charge in [-0.3, -0.25) is 9.89 Å². The summed E-state index contributed by atoms with van der Waals surface area (Å²) in [5.41, 5.74) is 1.20. The molecule has 4 heterocycles. The van der Waals surface area contributed by atoms with Crippen molar-refractivity contribution in [1.82, 2.24) is 20.2 Å². The number of hydrogen-bond acceptors (Lipinski definition) is 9. The normalized spacial score (nSPS) is 27.0. The van der Waals surface area contributed by atoms with Crippen LogP contribution in [0.4, 0.5) is 22.0 Å². The summed E-state index contributed by atoms with van der Waals surface area (Å²) in [6.07, 6.45) is 10.1. The van der Waals surface area contributed by atoms with Crippen LogP contribution in [0.15, 0.2) is 35.1 Å². The molecule has 9 nitrogen and oxygen atoms in total. The molecule has 3 aliphatic heterocycles. The van der Waals surface area contributed by atoms with Crippen LogP contribution >= 0.6 is 0 Å². The quantitative estimate of drug-likeness (QED) is 0.430. The molecule has 0 aromatic carbocycles. The van der Waals surface area contributed by atoms with Gasteiger partial charge in [-0.15, -0.1) is 0 Å². The summed E-state index contributed by atoms with van der Waals surface area (Å²) in [7, 11) is 0. The molecule has 0 bridgehead atoms. The van der Waals surface area contributed by atoms with Gasteiger partial charge in [0.2, 0.25) is 5.95 Å². The number of halogens is 1. The molecule has 1 unspecified atom stereocenters. The fourth-order valence-electron chi connectivity index (χ4n) is 5.04. The molecule has 1 aliphatic carbocycles. The maximum atomic E-state index is 13.6. The molecule has 0 spiro atoms. The third-order valence-electron chi connectivity index (χ3n) is 7.14. The van der Waals surface area contributed by atoms with E-state index in [1.54, 1.807) is 18.6 Å². The van der Waals surface area contributed by atoms with Gasteiger partial charge in [-0.25, -0.2) is 4.39 Å². The standard InChI is InChI=1S/C24H35FN8O/c1-16(17-4-6-19(25)7-5-17)28-24-30-20(29-21-13-26-8-9-27-21)12-22(31-24)33-14-18(15-33)23(34)32-10-2-3-11-32/h4,8-9,12-13,16,18-19,21,23,27,34H,2-3,5-7,10-11,14-15H2,1H3,(H2,28,29,30,31)/t16-,19+,21?,23-/m0/s1.